The van der Waals surface area contributed by atoms with Crippen LogP contribution >= 0.6 is 0 Å². The summed E-state index contributed by atoms with van der Waals surface area (Å²) in [6.07, 6.45) is 0. The first kappa shape index (κ1) is 13.1. The molecular weight excluding hydrogens is 240 g/mol. The zero-order chi connectivity index (χ0) is 13.9. The summed E-state index contributed by atoms with van der Waals surface area (Å²) in [7, 11) is 0. The molecule has 2 aromatic carbocycles. The Morgan fingerprint density at radius 1 is 0.789 bits per heavy atom. The molecule has 0 saturated heterocycles. The van der Waals surface area contributed by atoms with E-state index in [9.17, 15) is 0 Å². The van der Waals surface area contributed by atoms with Crippen molar-refractivity contribution in [2.75, 3.05) is 11.5 Å². The van der Waals surface area contributed by atoms with Crippen LogP contribution in [-0.4, -0.2) is 5.79 Å². The van der Waals surface area contributed by atoms with Crippen LogP contribution in [0.5, 0.6) is 11.5 Å². The number of ether oxygens (including phenoxy) is 2. The van der Waals surface area contributed by atoms with Crippen LogP contribution in [0.2, 0.25) is 0 Å². The lowest BCUT2D eigenvalue weighted by molar-refractivity contribution is -0.0808. The molecule has 0 amide bonds. The standard InChI is InChI=1S/C15H18N2O2/c1-15(2,18-13-7-3-5-11(16)9-13)19-14-8-4-6-12(17)10-14/h3-10H,16-17H2,1-2H3. The number of hydrogen-bond acceptors (Lipinski definition) is 4. The number of rotatable bonds is 4. The summed E-state index contributed by atoms with van der Waals surface area (Å²) in [6, 6.07) is 14.5. The van der Waals surface area contributed by atoms with Gasteiger partial charge in [0.15, 0.2) is 0 Å². The van der Waals surface area contributed by atoms with E-state index in [4.69, 9.17) is 20.9 Å². The lowest BCUT2D eigenvalue weighted by Gasteiger charge is -2.27. The molecule has 4 heteroatoms. The van der Waals surface area contributed by atoms with Gasteiger partial charge in [-0.05, 0) is 24.3 Å². The maximum atomic E-state index is 5.78. The molecule has 4 nitrogen and oxygen atoms in total. The fourth-order valence-electron chi connectivity index (χ4n) is 1.74. The molecule has 0 aliphatic heterocycles. The Balaban J connectivity index is 2.10. The maximum absolute atomic E-state index is 5.78. The second-order valence-corrected chi connectivity index (χ2v) is 4.75. The molecule has 0 heterocycles. The van der Waals surface area contributed by atoms with E-state index in [1.54, 1.807) is 24.3 Å². The zero-order valence-corrected chi connectivity index (χ0v) is 11.1. The van der Waals surface area contributed by atoms with Crippen LogP contribution < -0.4 is 20.9 Å². The lowest BCUT2D eigenvalue weighted by Crippen LogP contribution is -2.35. The highest BCUT2D eigenvalue weighted by Crippen LogP contribution is 2.25. The molecule has 0 saturated carbocycles. The van der Waals surface area contributed by atoms with Crippen molar-refractivity contribution in [2.45, 2.75) is 19.6 Å². The van der Waals surface area contributed by atoms with Gasteiger partial charge in [0.05, 0.1) is 0 Å². The quantitative estimate of drug-likeness (QED) is 0.653. The predicted molar refractivity (Wildman–Crippen MR) is 77.0 cm³/mol. The normalized spacial score (nSPS) is 11.1. The fourth-order valence-corrected chi connectivity index (χ4v) is 1.74. The summed E-state index contributed by atoms with van der Waals surface area (Å²) >= 11 is 0. The van der Waals surface area contributed by atoms with Crippen molar-refractivity contribution in [1.29, 1.82) is 0 Å². The topological polar surface area (TPSA) is 70.5 Å². The Bertz CT molecular complexity index is 518. The van der Waals surface area contributed by atoms with Crippen molar-refractivity contribution >= 4 is 11.4 Å². The summed E-state index contributed by atoms with van der Waals surface area (Å²) < 4.78 is 11.6. The van der Waals surface area contributed by atoms with E-state index < -0.39 is 5.79 Å². The molecule has 0 bridgehead atoms. The van der Waals surface area contributed by atoms with Crippen molar-refractivity contribution in [2.24, 2.45) is 0 Å². The Hall–Kier alpha value is -2.36. The van der Waals surface area contributed by atoms with Crippen molar-refractivity contribution in [3.05, 3.63) is 48.5 Å². The number of nitrogens with two attached hydrogens (primary N) is 2. The lowest BCUT2D eigenvalue weighted by atomic mass is 10.3. The van der Waals surface area contributed by atoms with Gasteiger partial charge in [-0.25, -0.2) is 0 Å². The average Bonchev–Trinajstić information content (AvgIpc) is 2.27. The SMILES string of the molecule is CC(C)(Oc1cccc(N)c1)Oc1cccc(N)c1. The molecule has 0 fully saturated rings. The van der Waals surface area contributed by atoms with E-state index in [0.29, 0.717) is 22.9 Å². The van der Waals surface area contributed by atoms with Gasteiger partial charge in [0.25, 0.3) is 0 Å². The van der Waals surface area contributed by atoms with Gasteiger partial charge in [-0.2, -0.15) is 0 Å². The van der Waals surface area contributed by atoms with Crippen LogP contribution in [0, 0.1) is 0 Å². The van der Waals surface area contributed by atoms with E-state index in [-0.39, 0.29) is 0 Å². The Morgan fingerprint density at radius 2 is 1.21 bits per heavy atom. The number of nitrogen functional groups attached to an aromatic ring is 2. The van der Waals surface area contributed by atoms with E-state index in [2.05, 4.69) is 0 Å². The van der Waals surface area contributed by atoms with Gasteiger partial charge in [-0.15, -0.1) is 0 Å². The molecule has 0 atom stereocenters. The minimum atomic E-state index is -0.818. The highest BCUT2D eigenvalue weighted by atomic mass is 16.7. The summed E-state index contributed by atoms with van der Waals surface area (Å²) in [6.45, 7) is 3.67. The van der Waals surface area contributed by atoms with Crippen LogP contribution in [-0.2, 0) is 0 Å². The molecule has 0 spiro atoms. The van der Waals surface area contributed by atoms with Gasteiger partial charge >= 0.3 is 0 Å². The van der Waals surface area contributed by atoms with Gasteiger partial charge in [-0.1, -0.05) is 12.1 Å². The van der Waals surface area contributed by atoms with E-state index in [1.165, 1.54) is 0 Å². The van der Waals surface area contributed by atoms with Gasteiger partial charge in [0.2, 0.25) is 5.79 Å². The van der Waals surface area contributed by atoms with Crippen LogP contribution in [0.15, 0.2) is 48.5 Å². The molecule has 0 aliphatic rings. The Labute approximate surface area is 112 Å². The Morgan fingerprint density at radius 3 is 1.58 bits per heavy atom. The summed E-state index contributed by atoms with van der Waals surface area (Å²) in [4.78, 5) is 0. The first-order valence-corrected chi connectivity index (χ1v) is 6.04. The number of hydrogen-bond donors (Lipinski definition) is 2. The van der Waals surface area contributed by atoms with Gasteiger partial charge in [0, 0.05) is 37.4 Å². The zero-order valence-electron chi connectivity index (χ0n) is 11.1. The van der Waals surface area contributed by atoms with E-state index in [1.807, 2.05) is 38.1 Å². The first-order valence-electron chi connectivity index (χ1n) is 6.04. The third-order valence-electron chi connectivity index (χ3n) is 2.44. The van der Waals surface area contributed by atoms with Crippen LogP contribution in [0.3, 0.4) is 0 Å². The molecule has 0 radical (unpaired) electrons. The minimum absolute atomic E-state index is 0.650. The highest BCUT2D eigenvalue weighted by Gasteiger charge is 2.22. The van der Waals surface area contributed by atoms with Crippen LogP contribution in [0.1, 0.15) is 13.8 Å². The molecule has 0 unspecified atom stereocenters. The van der Waals surface area contributed by atoms with E-state index >= 15 is 0 Å². The van der Waals surface area contributed by atoms with Gasteiger partial charge in [0.1, 0.15) is 11.5 Å². The molecule has 19 heavy (non-hydrogen) atoms. The van der Waals surface area contributed by atoms with Gasteiger partial charge in [-0.3, -0.25) is 0 Å². The predicted octanol–water partition coefficient (Wildman–Crippen LogP) is 3.04. The molecule has 0 aliphatic carbocycles. The second kappa shape index (κ2) is 5.10. The maximum Gasteiger partial charge on any atom is 0.245 e. The minimum Gasteiger partial charge on any atom is -0.453 e. The van der Waals surface area contributed by atoms with Crippen molar-refractivity contribution in [3.8, 4) is 11.5 Å². The van der Waals surface area contributed by atoms with Crippen LogP contribution in [0.25, 0.3) is 0 Å². The molecule has 4 N–H and O–H groups in total. The third-order valence-corrected chi connectivity index (χ3v) is 2.44. The Kier molecular flexibility index (Phi) is 3.51. The smallest absolute Gasteiger partial charge is 0.245 e. The molecular formula is C15H18N2O2. The highest BCUT2D eigenvalue weighted by molar-refractivity contribution is 5.44. The molecule has 2 aromatic rings. The van der Waals surface area contributed by atoms with Crippen molar-refractivity contribution in [3.63, 3.8) is 0 Å². The molecule has 0 aromatic heterocycles. The summed E-state index contributed by atoms with van der Waals surface area (Å²) in [5, 5.41) is 0. The van der Waals surface area contributed by atoms with Gasteiger partial charge < -0.3 is 20.9 Å². The summed E-state index contributed by atoms with van der Waals surface area (Å²) in [5.41, 5.74) is 12.7. The third kappa shape index (κ3) is 3.81. The van der Waals surface area contributed by atoms with Crippen LogP contribution in [0.4, 0.5) is 11.4 Å². The number of benzene rings is 2. The molecule has 100 valence electrons. The largest absolute Gasteiger partial charge is 0.453 e. The first-order chi connectivity index (χ1) is 8.94. The summed E-state index contributed by atoms with van der Waals surface area (Å²) in [5.74, 6) is 0.504. The van der Waals surface area contributed by atoms with Crippen molar-refractivity contribution in [1.82, 2.24) is 0 Å². The fraction of sp³-hybridized carbons (Fsp3) is 0.200. The average molecular weight is 258 g/mol. The van der Waals surface area contributed by atoms with E-state index in [0.717, 1.165) is 0 Å². The van der Waals surface area contributed by atoms with Crippen molar-refractivity contribution < 1.29 is 9.47 Å². The molecule has 2 rings (SSSR count). The number of anilines is 2. The monoisotopic (exact) mass is 258 g/mol. The second-order valence-electron chi connectivity index (χ2n) is 4.75.